The molecule has 100 valence electrons. The minimum absolute atomic E-state index is 0.816. The molecule has 0 aromatic heterocycles. The van der Waals surface area contributed by atoms with E-state index in [1.54, 1.807) is 0 Å². The second-order valence-electron chi connectivity index (χ2n) is 4.28. The molecule has 2 aromatic rings. The van der Waals surface area contributed by atoms with Crippen LogP contribution >= 0.6 is 28.5 Å². The molecular formula is C14H15O2PS2. The Morgan fingerprint density at radius 1 is 0.789 bits per heavy atom. The smallest absolute Gasteiger partial charge is 0.319 e. The SMILES string of the molecule is Cc1ccc(SP(=O)(O)Sc2ccc(C)cc2)cc1. The Bertz CT molecular complexity index is 542. The van der Waals surface area contributed by atoms with E-state index < -0.39 is 5.77 Å². The summed E-state index contributed by atoms with van der Waals surface area (Å²) in [7, 11) is 0. The van der Waals surface area contributed by atoms with E-state index in [-0.39, 0.29) is 0 Å². The predicted molar refractivity (Wildman–Crippen MR) is 83.9 cm³/mol. The molecule has 0 fully saturated rings. The first-order valence-electron chi connectivity index (χ1n) is 5.80. The van der Waals surface area contributed by atoms with Crippen LogP contribution in [0.2, 0.25) is 0 Å². The maximum Gasteiger partial charge on any atom is 0.319 e. The Hall–Kier alpha value is -0.670. The van der Waals surface area contributed by atoms with Crippen molar-refractivity contribution >= 4 is 28.5 Å². The van der Waals surface area contributed by atoms with Crippen LogP contribution in [0, 0.1) is 13.8 Å². The Kier molecular flexibility index (Phi) is 4.80. The van der Waals surface area contributed by atoms with Gasteiger partial charge in [0.25, 0.3) is 0 Å². The molecule has 0 bridgehead atoms. The number of hydrogen-bond donors (Lipinski definition) is 1. The van der Waals surface area contributed by atoms with Gasteiger partial charge < -0.3 is 4.89 Å². The second kappa shape index (κ2) is 6.19. The molecule has 0 atom stereocenters. The topological polar surface area (TPSA) is 37.3 Å². The first kappa shape index (κ1) is 14.7. The lowest BCUT2D eigenvalue weighted by Crippen LogP contribution is -1.76. The molecule has 5 heteroatoms. The quantitative estimate of drug-likeness (QED) is 0.779. The highest BCUT2D eigenvalue weighted by molar-refractivity contribution is 8.89. The molecule has 0 radical (unpaired) electrons. The van der Waals surface area contributed by atoms with Crippen molar-refractivity contribution in [2.75, 3.05) is 0 Å². The van der Waals surface area contributed by atoms with Crippen LogP contribution in [0.25, 0.3) is 0 Å². The summed E-state index contributed by atoms with van der Waals surface area (Å²) in [6.07, 6.45) is 0. The van der Waals surface area contributed by atoms with E-state index in [0.29, 0.717) is 0 Å². The monoisotopic (exact) mass is 310 g/mol. The van der Waals surface area contributed by atoms with Gasteiger partial charge in [0.15, 0.2) is 0 Å². The van der Waals surface area contributed by atoms with E-state index in [0.717, 1.165) is 43.7 Å². The molecule has 1 N–H and O–H groups in total. The minimum atomic E-state index is -3.33. The average molecular weight is 310 g/mol. The van der Waals surface area contributed by atoms with Gasteiger partial charge in [0.1, 0.15) is 0 Å². The van der Waals surface area contributed by atoms with E-state index in [2.05, 4.69) is 0 Å². The third kappa shape index (κ3) is 4.73. The first-order chi connectivity index (χ1) is 8.94. The fraction of sp³-hybridized carbons (Fsp3) is 0.143. The molecule has 0 heterocycles. The van der Waals surface area contributed by atoms with Crippen LogP contribution in [0.15, 0.2) is 58.3 Å². The zero-order valence-corrected chi connectivity index (χ0v) is 13.3. The largest absolute Gasteiger partial charge is 0.329 e. The van der Waals surface area contributed by atoms with Crippen LogP contribution in [0.3, 0.4) is 0 Å². The Morgan fingerprint density at radius 2 is 1.11 bits per heavy atom. The zero-order chi connectivity index (χ0) is 13.9. The first-order valence-corrected chi connectivity index (χ1v) is 10.3. The van der Waals surface area contributed by atoms with Gasteiger partial charge in [-0.25, -0.2) is 0 Å². The lowest BCUT2D eigenvalue weighted by Gasteiger charge is -2.10. The van der Waals surface area contributed by atoms with Crippen molar-refractivity contribution in [3.05, 3.63) is 59.7 Å². The van der Waals surface area contributed by atoms with Gasteiger partial charge in [0.05, 0.1) is 0 Å². The average Bonchev–Trinajstić information content (AvgIpc) is 2.34. The van der Waals surface area contributed by atoms with Crippen LogP contribution < -0.4 is 0 Å². The molecule has 0 amide bonds. The van der Waals surface area contributed by atoms with Gasteiger partial charge in [-0.2, -0.15) is 0 Å². The summed E-state index contributed by atoms with van der Waals surface area (Å²) in [5, 5.41) is 0. The van der Waals surface area contributed by atoms with Crippen molar-refractivity contribution in [3.63, 3.8) is 0 Å². The van der Waals surface area contributed by atoms with E-state index in [1.165, 1.54) is 0 Å². The molecule has 0 aliphatic rings. The van der Waals surface area contributed by atoms with Gasteiger partial charge >= 0.3 is 5.77 Å². The molecule has 0 unspecified atom stereocenters. The number of aryl methyl sites for hydroxylation is 2. The van der Waals surface area contributed by atoms with Crippen molar-refractivity contribution in [1.82, 2.24) is 0 Å². The van der Waals surface area contributed by atoms with Crippen molar-refractivity contribution in [2.24, 2.45) is 0 Å². The normalized spacial score (nSPS) is 11.5. The molecule has 2 rings (SSSR count). The molecular weight excluding hydrogens is 295 g/mol. The molecule has 0 saturated heterocycles. The highest BCUT2D eigenvalue weighted by Gasteiger charge is 2.22. The van der Waals surface area contributed by atoms with Gasteiger partial charge in [0.2, 0.25) is 0 Å². The summed E-state index contributed by atoms with van der Waals surface area (Å²) in [5.41, 5.74) is 2.28. The molecule has 2 nitrogen and oxygen atoms in total. The number of rotatable bonds is 4. The van der Waals surface area contributed by atoms with Crippen LogP contribution in [0.1, 0.15) is 11.1 Å². The molecule has 19 heavy (non-hydrogen) atoms. The van der Waals surface area contributed by atoms with Crippen molar-refractivity contribution < 1.29 is 9.46 Å². The molecule has 2 aromatic carbocycles. The highest BCUT2D eigenvalue weighted by atomic mass is 33.1. The fourth-order valence-corrected chi connectivity index (χ4v) is 6.89. The van der Waals surface area contributed by atoms with Crippen molar-refractivity contribution in [1.29, 1.82) is 0 Å². The third-order valence-electron chi connectivity index (χ3n) is 2.48. The predicted octanol–water partition coefficient (Wildman–Crippen LogP) is 5.29. The summed E-state index contributed by atoms with van der Waals surface area (Å²) in [4.78, 5) is 11.7. The minimum Gasteiger partial charge on any atom is -0.329 e. The van der Waals surface area contributed by atoms with Crippen molar-refractivity contribution in [3.8, 4) is 0 Å². The standard InChI is InChI=1S/C14H15O2PS2/c1-11-3-7-13(8-4-11)18-17(15,16)19-14-9-5-12(2)6-10-14/h3-10H,1-2H3,(H,15,16). The van der Waals surface area contributed by atoms with E-state index in [1.807, 2.05) is 62.4 Å². The maximum atomic E-state index is 12.2. The molecule has 0 aliphatic carbocycles. The number of benzene rings is 2. The zero-order valence-electron chi connectivity index (χ0n) is 10.7. The van der Waals surface area contributed by atoms with Gasteiger partial charge in [-0.3, -0.25) is 4.57 Å². The van der Waals surface area contributed by atoms with Gasteiger partial charge in [-0.1, -0.05) is 35.4 Å². The van der Waals surface area contributed by atoms with Crippen LogP contribution in [-0.4, -0.2) is 4.89 Å². The van der Waals surface area contributed by atoms with Crippen LogP contribution in [-0.2, 0) is 4.57 Å². The van der Waals surface area contributed by atoms with Gasteiger partial charge in [-0.05, 0) is 60.9 Å². The fourth-order valence-electron chi connectivity index (χ4n) is 1.48. The summed E-state index contributed by atoms with van der Waals surface area (Å²) in [6, 6.07) is 15.3. The van der Waals surface area contributed by atoms with E-state index in [4.69, 9.17) is 0 Å². The van der Waals surface area contributed by atoms with Crippen LogP contribution in [0.5, 0.6) is 0 Å². The van der Waals surface area contributed by atoms with Crippen LogP contribution in [0.4, 0.5) is 0 Å². The second-order valence-corrected chi connectivity index (χ2v) is 11.3. The maximum absolute atomic E-state index is 12.2. The Morgan fingerprint density at radius 3 is 1.42 bits per heavy atom. The Balaban J connectivity index is 2.08. The van der Waals surface area contributed by atoms with E-state index in [9.17, 15) is 9.46 Å². The van der Waals surface area contributed by atoms with E-state index >= 15 is 0 Å². The Labute approximate surface area is 121 Å². The summed E-state index contributed by atoms with van der Waals surface area (Å²) < 4.78 is 12.2. The lowest BCUT2D eigenvalue weighted by atomic mass is 10.2. The number of hydrogen-bond acceptors (Lipinski definition) is 3. The van der Waals surface area contributed by atoms with Gasteiger partial charge in [0, 0.05) is 9.79 Å². The highest BCUT2D eigenvalue weighted by Crippen LogP contribution is 2.70. The third-order valence-corrected chi connectivity index (χ3v) is 7.90. The molecule has 0 spiro atoms. The van der Waals surface area contributed by atoms with Crippen molar-refractivity contribution in [2.45, 2.75) is 23.6 Å². The molecule has 0 aliphatic heterocycles. The summed E-state index contributed by atoms with van der Waals surface area (Å²) in [5.74, 6) is -3.33. The summed E-state index contributed by atoms with van der Waals surface area (Å²) in [6.45, 7) is 3.99. The summed E-state index contributed by atoms with van der Waals surface area (Å²) >= 11 is 2.06. The lowest BCUT2D eigenvalue weighted by molar-refractivity contribution is 0.514. The molecule has 0 saturated carbocycles. The van der Waals surface area contributed by atoms with Gasteiger partial charge in [-0.15, -0.1) is 0 Å².